The summed E-state index contributed by atoms with van der Waals surface area (Å²) in [6.45, 7) is 11.2. The monoisotopic (exact) mass is 388 g/mol. The van der Waals surface area contributed by atoms with Crippen molar-refractivity contribution in [1.82, 2.24) is 19.8 Å². The summed E-state index contributed by atoms with van der Waals surface area (Å²) >= 11 is 0. The number of aryl methyl sites for hydroxylation is 1. The first-order valence-corrected chi connectivity index (χ1v) is 10.6. The summed E-state index contributed by atoms with van der Waals surface area (Å²) < 4.78 is 5.45. The molecule has 0 N–H and O–H groups in total. The molecular weight excluding hydrogens is 356 g/mol. The molecule has 4 heterocycles. The molecule has 3 fully saturated rings. The minimum absolute atomic E-state index is 0.287. The molecule has 154 valence electrons. The van der Waals surface area contributed by atoms with Crippen LogP contribution in [0.25, 0.3) is 0 Å². The average Bonchev–Trinajstić information content (AvgIpc) is 2.75. The standard InChI is InChI=1S/C20H32N6O2/c1-17-15-18(24-11-13-28-14-12-24)22-20(21-17)26-9-7-23(8-10-26)16-19(27)25-5-3-2-4-6-25/h15H,2-14,16H2,1H3. The molecule has 1 aromatic rings. The van der Waals surface area contributed by atoms with E-state index in [0.717, 1.165) is 95.9 Å². The van der Waals surface area contributed by atoms with Crippen molar-refractivity contribution < 1.29 is 9.53 Å². The van der Waals surface area contributed by atoms with Crippen molar-refractivity contribution in [2.75, 3.05) is 81.9 Å². The van der Waals surface area contributed by atoms with Gasteiger partial charge in [-0.2, -0.15) is 4.98 Å². The Balaban J connectivity index is 1.33. The number of rotatable bonds is 4. The fraction of sp³-hybridized carbons (Fsp3) is 0.750. The molecule has 0 aromatic carbocycles. The summed E-state index contributed by atoms with van der Waals surface area (Å²) in [6.07, 6.45) is 3.55. The minimum atomic E-state index is 0.287. The van der Waals surface area contributed by atoms with Gasteiger partial charge in [0.05, 0.1) is 19.8 Å². The zero-order valence-corrected chi connectivity index (χ0v) is 17.0. The molecule has 1 amide bonds. The van der Waals surface area contributed by atoms with Crippen molar-refractivity contribution in [1.29, 1.82) is 0 Å². The Morgan fingerprint density at radius 3 is 2.36 bits per heavy atom. The summed E-state index contributed by atoms with van der Waals surface area (Å²) in [5, 5.41) is 0. The number of anilines is 2. The van der Waals surface area contributed by atoms with E-state index in [2.05, 4.69) is 25.8 Å². The molecule has 0 bridgehead atoms. The number of likely N-dealkylation sites (tertiary alicyclic amines) is 1. The Labute approximate surface area is 167 Å². The number of piperidine rings is 1. The van der Waals surface area contributed by atoms with Crippen LogP contribution in [0, 0.1) is 6.92 Å². The molecule has 1 aromatic heterocycles. The number of amides is 1. The number of morpholine rings is 1. The van der Waals surface area contributed by atoms with Crippen LogP contribution in [0.1, 0.15) is 25.0 Å². The van der Waals surface area contributed by atoms with Gasteiger partial charge in [0.15, 0.2) is 0 Å². The average molecular weight is 389 g/mol. The van der Waals surface area contributed by atoms with E-state index in [-0.39, 0.29) is 5.91 Å². The fourth-order valence-corrected chi connectivity index (χ4v) is 4.17. The number of carbonyl (C=O) groups excluding carboxylic acids is 1. The molecular formula is C20H32N6O2. The molecule has 8 heteroatoms. The first-order valence-electron chi connectivity index (χ1n) is 10.6. The SMILES string of the molecule is Cc1cc(N2CCOCC2)nc(N2CCN(CC(=O)N3CCCCC3)CC2)n1. The van der Waals surface area contributed by atoms with Gasteiger partial charge >= 0.3 is 0 Å². The second-order valence-electron chi connectivity index (χ2n) is 7.97. The highest BCUT2D eigenvalue weighted by Crippen LogP contribution is 2.20. The van der Waals surface area contributed by atoms with E-state index < -0.39 is 0 Å². The van der Waals surface area contributed by atoms with E-state index in [1.165, 1.54) is 6.42 Å². The highest BCUT2D eigenvalue weighted by atomic mass is 16.5. The van der Waals surface area contributed by atoms with E-state index in [1.807, 2.05) is 11.8 Å². The van der Waals surface area contributed by atoms with Gasteiger partial charge in [-0.15, -0.1) is 0 Å². The van der Waals surface area contributed by atoms with Crippen LogP contribution < -0.4 is 9.80 Å². The molecule has 0 spiro atoms. The normalized spacial score (nSPS) is 21.8. The maximum atomic E-state index is 12.5. The molecule has 3 saturated heterocycles. The summed E-state index contributed by atoms with van der Waals surface area (Å²) in [4.78, 5) is 30.8. The molecule has 0 saturated carbocycles. The van der Waals surface area contributed by atoms with Gasteiger partial charge in [0.1, 0.15) is 5.82 Å². The lowest BCUT2D eigenvalue weighted by atomic mass is 10.1. The number of ether oxygens (including phenoxy) is 1. The quantitative estimate of drug-likeness (QED) is 0.754. The van der Waals surface area contributed by atoms with Gasteiger partial charge in [-0.1, -0.05) is 0 Å². The lowest BCUT2D eigenvalue weighted by Crippen LogP contribution is -2.51. The van der Waals surface area contributed by atoms with Crippen LogP contribution >= 0.6 is 0 Å². The van der Waals surface area contributed by atoms with E-state index >= 15 is 0 Å². The van der Waals surface area contributed by atoms with Crippen molar-refractivity contribution >= 4 is 17.7 Å². The molecule has 28 heavy (non-hydrogen) atoms. The Morgan fingerprint density at radius 2 is 1.64 bits per heavy atom. The zero-order chi connectivity index (χ0) is 19.3. The maximum Gasteiger partial charge on any atom is 0.236 e. The smallest absolute Gasteiger partial charge is 0.236 e. The van der Waals surface area contributed by atoms with E-state index in [9.17, 15) is 4.79 Å². The molecule has 4 rings (SSSR count). The first-order chi connectivity index (χ1) is 13.7. The maximum absolute atomic E-state index is 12.5. The largest absolute Gasteiger partial charge is 0.378 e. The Bertz CT molecular complexity index is 665. The second-order valence-corrected chi connectivity index (χ2v) is 7.97. The summed E-state index contributed by atoms with van der Waals surface area (Å²) in [7, 11) is 0. The molecule has 0 unspecified atom stereocenters. The van der Waals surface area contributed by atoms with Crippen molar-refractivity contribution in [3.63, 3.8) is 0 Å². The lowest BCUT2D eigenvalue weighted by Gasteiger charge is -2.36. The number of nitrogens with zero attached hydrogens (tertiary/aromatic N) is 6. The van der Waals surface area contributed by atoms with Crippen molar-refractivity contribution in [3.8, 4) is 0 Å². The Morgan fingerprint density at radius 1 is 0.929 bits per heavy atom. The van der Waals surface area contributed by atoms with E-state index in [0.29, 0.717) is 6.54 Å². The number of hydrogen-bond acceptors (Lipinski definition) is 7. The first kappa shape index (κ1) is 19.4. The molecule has 3 aliphatic heterocycles. The van der Waals surface area contributed by atoms with Gasteiger partial charge in [0.25, 0.3) is 0 Å². The minimum Gasteiger partial charge on any atom is -0.378 e. The van der Waals surface area contributed by atoms with Crippen LogP contribution in [-0.2, 0) is 9.53 Å². The number of hydrogen-bond donors (Lipinski definition) is 0. The van der Waals surface area contributed by atoms with Gasteiger partial charge in [0, 0.05) is 64.1 Å². The topological polar surface area (TPSA) is 65.0 Å². The van der Waals surface area contributed by atoms with Crippen molar-refractivity contribution in [2.45, 2.75) is 26.2 Å². The third-order valence-corrected chi connectivity index (χ3v) is 5.89. The van der Waals surface area contributed by atoms with Crippen LogP contribution in [0.15, 0.2) is 6.07 Å². The molecule has 0 radical (unpaired) electrons. The summed E-state index contributed by atoms with van der Waals surface area (Å²) in [5.74, 6) is 2.09. The molecule has 0 aliphatic carbocycles. The van der Waals surface area contributed by atoms with Gasteiger partial charge < -0.3 is 19.4 Å². The van der Waals surface area contributed by atoms with Crippen LogP contribution in [0.3, 0.4) is 0 Å². The van der Waals surface area contributed by atoms with Gasteiger partial charge in [-0.05, 0) is 26.2 Å². The highest BCUT2D eigenvalue weighted by Gasteiger charge is 2.24. The van der Waals surface area contributed by atoms with Gasteiger partial charge in [-0.25, -0.2) is 4.98 Å². The highest BCUT2D eigenvalue weighted by molar-refractivity contribution is 5.78. The third-order valence-electron chi connectivity index (χ3n) is 5.89. The Hall–Kier alpha value is -1.93. The lowest BCUT2D eigenvalue weighted by molar-refractivity contribution is -0.133. The molecule has 8 nitrogen and oxygen atoms in total. The third kappa shape index (κ3) is 4.72. The van der Waals surface area contributed by atoms with Gasteiger partial charge in [0.2, 0.25) is 11.9 Å². The predicted molar refractivity (Wildman–Crippen MR) is 109 cm³/mol. The van der Waals surface area contributed by atoms with Crippen LogP contribution in [0.4, 0.5) is 11.8 Å². The molecule has 3 aliphatic rings. The molecule has 0 atom stereocenters. The predicted octanol–water partition coefficient (Wildman–Crippen LogP) is 0.756. The van der Waals surface area contributed by atoms with E-state index in [1.54, 1.807) is 0 Å². The van der Waals surface area contributed by atoms with E-state index in [4.69, 9.17) is 9.72 Å². The fourth-order valence-electron chi connectivity index (χ4n) is 4.17. The second kappa shape index (κ2) is 9.05. The van der Waals surface area contributed by atoms with Crippen molar-refractivity contribution in [3.05, 3.63) is 11.8 Å². The number of aromatic nitrogens is 2. The number of carbonyl (C=O) groups is 1. The summed E-state index contributed by atoms with van der Waals surface area (Å²) in [5.41, 5.74) is 0.995. The zero-order valence-electron chi connectivity index (χ0n) is 17.0. The van der Waals surface area contributed by atoms with Crippen LogP contribution in [-0.4, -0.2) is 97.8 Å². The van der Waals surface area contributed by atoms with Crippen LogP contribution in [0.5, 0.6) is 0 Å². The van der Waals surface area contributed by atoms with Crippen molar-refractivity contribution in [2.24, 2.45) is 0 Å². The van der Waals surface area contributed by atoms with Gasteiger partial charge in [-0.3, -0.25) is 9.69 Å². The Kier molecular flexibility index (Phi) is 6.26. The number of piperazine rings is 1. The van der Waals surface area contributed by atoms with Crippen LogP contribution in [0.2, 0.25) is 0 Å². The summed E-state index contributed by atoms with van der Waals surface area (Å²) in [6, 6.07) is 2.06.